The minimum Gasteiger partial charge on any atom is -0.299 e. The van der Waals surface area contributed by atoms with Gasteiger partial charge in [-0.1, -0.05) is 36.4 Å². The average molecular weight is 331 g/mol. The van der Waals surface area contributed by atoms with Crippen molar-refractivity contribution in [3.63, 3.8) is 0 Å². The maximum absolute atomic E-state index is 12.0. The first-order valence-electron chi connectivity index (χ1n) is 7.16. The molecule has 0 aliphatic carbocycles. The molecule has 0 spiro atoms. The number of carbonyl (C=O) groups excluding carboxylic acids is 2. The molecule has 2 atom stereocenters. The summed E-state index contributed by atoms with van der Waals surface area (Å²) in [5.41, 5.74) is 0.489. The Balaban J connectivity index is 2.61. The Morgan fingerprint density at radius 2 is 1.65 bits per heavy atom. The van der Waals surface area contributed by atoms with Crippen molar-refractivity contribution >= 4 is 22.9 Å². The number of rotatable bonds is 7. The molecule has 0 fully saturated rings. The number of benzene rings is 1. The van der Waals surface area contributed by atoms with E-state index in [0.717, 1.165) is 0 Å². The first-order valence-corrected chi connectivity index (χ1v) is 8.04. The summed E-state index contributed by atoms with van der Waals surface area (Å²) in [6.45, 7) is 2.63. The minimum absolute atomic E-state index is 0.348. The molecule has 1 heterocycles. The van der Waals surface area contributed by atoms with Crippen molar-refractivity contribution in [1.82, 2.24) is 0 Å². The van der Waals surface area contributed by atoms with Crippen LogP contribution in [-0.4, -0.2) is 16.5 Å². The molecule has 0 N–H and O–H groups in total. The molecule has 5 nitrogen and oxygen atoms in total. The number of Topliss-reactive ketones (excluding diaryl/α,β-unsaturated/α-hetero) is 2. The van der Waals surface area contributed by atoms with Crippen molar-refractivity contribution < 1.29 is 14.5 Å². The molecule has 0 amide bonds. The van der Waals surface area contributed by atoms with Crippen LogP contribution in [0.15, 0.2) is 47.8 Å². The van der Waals surface area contributed by atoms with Gasteiger partial charge in [-0.2, -0.15) is 0 Å². The molecular formula is C17H17NO4S. The SMILES string of the molecule is CC(=O)C(C(C)=O)[C@@H](c1cccs1)[C@@H](c1ccccc1)[N+](=O)[O-]. The van der Waals surface area contributed by atoms with Crippen LogP contribution < -0.4 is 0 Å². The third-order valence-corrected chi connectivity index (χ3v) is 4.79. The monoisotopic (exact) mass is 331 g/mol. The second kappa shape index (κ2) is 7.28. The molecule has 1 aromatic heterocycles. The van der Waals surface area contributed by atoms with E-state index in [1.54, 1.807) is 47.8 Å². The lowest BCUT2D eigenvalue weighted by molar-refractivity contribution is -0.534. The summed E-state index contributed by atoms with van der Waals surface area (Å²) < 4.78 is 0. The number of carbonyl (C=O) groups is 2. The fraction of sp³-hybridized carbons (Fsp3) is 0.294. The van der Waals surface area contributed by atoms with Crippen LogP contribution in [0.2, 0.25) is 0 Å². The Labute approximate surface area is 138 Å². The van der Waals surface area contributed by atoms with Crippen LogP contribution >= 0.6 is 11.3 Å². The number of nitrogens with zero attached hydrogens (tertiary/aromatic N) is 1. The second-order valence-electron chi connectivity index (χ2n) is 5.38. The molecule has 1 aromatic carbocycles. The van der Waals surface area contributed by atoms with E-state index in [1.807, 2.05) is 0 Å². The quantitative estimate of drug-likeness (QED) is 0.441. The van der Waals surface area contributed by atoms with Gasteiger partial charge >= 0.3 is 0 Å². The Kier molecular flexibility index (Phi) is 5.39. The number of hydrogen-bond donors (Lipinski definition) is 0. The maximum Gasteiger partial charge on any atom is 0.246 e. The summed E-state index contributed by atoms with van der Waals surface area (Å²) in [5.74, 6) is -2.52. The first kappa shape index (κ1) is 17.0. The predicted molar refractivity (Wildman–Crippen MR) is 88.1 cm³/mol. The van der Waals surface area contributed by atoms with Gasteiger partial charge in [-0.25, -0.2) is 0 Å². The molecular weight excluding hydrogens is 314 g/mol. The minimum atomic E-state index is -1.15. The van der Waals surface area contributed by atoms with E-state index in [0.29, 0.717) is 10.4 Å². The lowest BCUT2D eigenvalue weighted by Gasteiger charge is -2.25. The highest BCUT2D eigenvalue weighted by molar-refractivity contribution is 7.10. The molecule has 0 aliphatic rings. The number of nitro groups is 1. The van der Waals surface area contributed by atoms with E-state index in [1.165, 1.54) is 25.2 Å². The Bertz CT molecular complexity index is 683. The van der Waals surface area contributed by atoms with E-state index in [2.05, 4.69) is 0 Å². The normalized spacial score (nSPS) is 13.5. The Morgan fingerprint density at radius 3 is 2.09 bits per heavy atom. The van der Waals surface area contributed by atoms with E-state index < -0.39 is 22.8 Å². The predicted octanol–water partition coefficient (Wildman–Crippen LogP) is 3.64. The van der Waals surface area contributed by atoms with E-state index >= 15 is 0 Å². The zero-order valence-electron chi connectivity index (χ0n) is 12.8. The van der Waals surface area contributed by atoms with Crippen LogP contribution in [-0.2, 0) is 9.59 Å². The summed E-state index contributed by atoms with van der Waals surface area (Å²) in [6, 6.07) is 10.9. The molecule has 2 rings (SSSR count). The summed E-state index contributed by atoms with van der Waals surface area (Å²) in [4.78, 5) is 36.1. The summed E-state index contributed by atoms with van der Waals surface area (Å²) in [7, 11) is 0. The summed E-state index contributed by atoms with van der Waals surface area (Å²) >= 11 is 1.33. The fourth-order valence-corrected chi connectivity index (χ4v) is 3.78. The highest BCUT2D eigenvalue weighted by atomic mass is 32.1. The van der Waals surface area contributed by atoms with Gasteiger partial charge in [-0.3, -0.25) is 19.7 Å². The fourth-order valence-electron chi connectivity index (χ4n) is 2.89. The van der Waals surface area contributed by atoms with Gasteiger partial charge in [-0.05, 0) is 25.3 Å². The van der Waals surface area contributed by atoms with Gasteiger partial charge in [0.1, 0.15) is 11.6 Å². The Morgan fingerprint density at radius 1 is 1.04 bits per heavy atom. The van der Waals surface area contributed by atoms with Gasteiger partial charge < -0.3 is 0 Å². The Hall–Kier alpha value is -2.34. The molecule has 6 heteroatoms. The molecule has 2 aromatic rings. The molecule has 0 bridgehead atoms. The van der Waals surface area contributed by atoms with Gasteiger partial charge in [0.05, 0.1) is 11.8 Å². The molecule has 0 saturated heterocycles. The number of hydrogen-bond acceptors (Lipinski definition) is 5. The number of ketones is 2. The standard InChI is InChI=1S/C17H17NO4S/c1-11(19)15(12(2)20)16(14-9-6-10-23-14)17(18(21)22)13-7-4-3-5-8-13/h3-10,15-17H,1-2H3/t16-,17-/m1/s1. The van der Waals surface area contributed by atoms with Crippen molar-refractivity contribution in [3.05, 3.63) is 68.4 Å². The van der Waals surface area contributed by atoms with Crippen LogP contribution in [0.1, 0.15) is 36.2 Å². The zero-order valence-corrected chi connectivity index (χ0v) is 13.7. The van der Waals surface area contributed by atoms with Crippen LogP contribution in [0.3, 0.4) is 0 Å². The highest BCUT2D eigenvalue weighted by Crippen LogP contribution is 2.41. The lowest BCUT2D eigenvalue weighted by Crippen LogP contribution is -2.33. The lowest BCUT2D eigenvalue weighted by atomic mass is 9.78. The van der Waals surface area contributed by atoms with Gasteiger partial charge in [0.25, 0.3) is 0 Å². The van der Waals surface area contributed by atoms with Crippen molar-refractivity contribution in [1.29, 1.82) is 0 Å². The zero-order chi connectivity index (χ0) is 17.0. The molecule has 0 aliphatic heterocycles. The topological polar surface area (TPSA) is 77.3 Å². The van der Waals surface area contributed by atoms with Crippen molar-refractivity contribution in [2.24, 2.45) is 5.92 Å². The van der Waals surface area contributed by atoms with Crippen LogP contribution in [0.5, 0.6) is 0 Å². The summed E-state index contributed by atoms with van der Waals surface area (Å²) in [5, 5.41) is 13.6. The van der Waals surface area contributed by atoms with E-state index in [9.17, 15) is 19.7 Å². The average Bonchev–Trinajstić information content (AvgIpc) is 3.00. The van der Waals surface area contributed by atoms with E-state index in [-0.39, 0.29) is 11.6 Å². The van der Waals surface area contributed by atoms with Crippen LogP contribution in [0.25, 0.3) is 0 Å². The molecule has 23 heavy (non-hydrogen) atoms. The first-order chi connectivity index (χ1) is 10.9. The van der Waals surface area contributed by atoms with Crippen molar-refractivity contribution in [3.8, 4) is 0 Å². The van der Waals surface area contributed by atoms with Gasteiger partial charge in [-0.15, -0.1) is 11.3 Å². The van der Waals surface area contributed by atoms with Crippen molar-refractivity contribution in [2.75, 3.05) is 0 Å². The second-order valence-corrected chi connectivity index (χ2v) is 6.36. The smallest absolute Gasteiger partial charge is 0.246 e. The third kappa shape index (κ3) is 3.71. The highest BCUT2D eigenvalue weighted by Gasteiger charge is 2.44. The maximum atomic E-state index is 12.0. The van der Waals surface area contributed by atoms with Crippen LogP contribution in [0.4, 0.5) is 0 Å². The molecule has 0 radical (unpaired) electrons. The number of thiophene rings is 1. The van der Waals surface area contributed by atoms with Gasteiger partial charge in [0.2, 0.25) is 6.04 Å². The van der Waals surface area contributed by atoms with Gasteiger partial charge in [0.15, 0.2) is 0 Å². The van der Waals surface area contributed by atoms with Crippen molar-refractivity contribution in [2.45, 2.75) is 25.8 Å². The van der Waals surface area contributed by atoms with E-state index in [4.69, 9.17) is 0 Å². The molecule has 0 unspecified atom stereocenters. The summed E-state index contributed by atoms with van der Waals surface area (Å²) in [6.07, 6.45) is 0. The largest absolute Gasteiger partial charge is 0.299 e. The third-order valence-electron chi connectivity index (χ3n) is 3.82. The molecule has 0 saturated carbocycles. The van der Waals surface area contributed by atoms with Gasteiger partial charge in [0, 0.05) is 15.4 Å². The van der Waals surface area contributed by atoms with Crippen LogP contribution in [0, 0.1) is 16.0 Å². The molecule has 120 valence electrons.